The van der Waals surface area contributed by atoms with E-state index in [9.17, 15) is 0 Å². The molecule has 16 heavy (non-hydrogen) atoms. The van der Waals surface area contributed by atoms with Crippen molar-refractivity contribution < 1.29 is 9.47 Å². The Morgan fingerprint density at radius 2 is 1.94 bits per heavy atom. The van der Waals surface area contributed by atoms with E-state index in [-0.39, 0.29) is 0 Å². The third kappa shape index (κ3) is 4.86. The molecule has 0 fully saturated rings. The van der Waals surface area contributed by atoms with Crippen LogP contribution in [-0.4, -0.2) is 32.1 Å². The Hall–Kier alpha value is -0.740. The highest BCUT2D eigenvalue weighted by atomic mass is 79.9. The lowest BCUT2D eigenvalue weighted by Crippen LogP contribution is -2.22. The molecule has 0 heterocycles. The first kappa shape index (κ1) is 13.3. The van der Waals surface area contributed by atoms with Crippen molar-refractivity contribution in [2.45, 2.75) is 6.42 Å². The summed E-state index contributed by atoms with van der Waals surface area (Å²) in [7, 11) is 1.65. The first-order valence-electron chi connectivity index (χ1n) is 5.41. The molecule has 90 valence electrons. The van der Waals surface area contributed by atoms with Gasteiger partial charge in [-0.15, -0.1) is 0 Å². The van der Waals surface area contributed by atoms with Crippen LogP contribution in [0.4, 0.5) is 0 Å². The number of hydrogen-bond donors (Lipinski definition) is 1. The van der Waals surface area contributed by atoms with Gasteiger partial charge in [-0.2, -0.15) is 0 Å². The summed E-state index contributed by atoms with van der Waals surface area (Å²) in [5, 5.41) is 4.33. The predicted octanol–water partition coefficient (Wildman–Crippen LogP) is 2.45. The van der Waals surface area contributed by atoms with E-state index in [1.807, 2.05) is 24.3 Å². The van der Waals surface area contributed by atoms with Crippen LogP contribution in [0.3, 0.4) is 0 Å². The van der Waals surface area contributed by atoms with Crippen LogP contribution >= 0.6 is 15.9 Å². The predicted molar refractivity (Wildman–Crippen MR) is 69.8 cm³/mol. The smallest absolute Gasteiger partial charge is 0.161 e. The topological polar surface area (TPSA) is 30.5 Å². The number of halogens is 1. The van der Waals surface area contributed by atoms with Crippen LogP contribution in [0.5, 0.6) is 11.5 Å². The molecule has 1 aromatic carbocycles. The number of ether oxygens (including phenoxy) is 2. The normalized spacial score (nSPS) is 10.1. The zero-order valence-corrected chi connectivity index (χ0v) is 11.1. The minimum atomic E-state index is 0.655. The molecule has 0 amide bonds. The average molecular weight is 288 g/mol. The number of benzene rings is 1. The van der Waals surface area contributed by atoms with Crippen LogP contribution in [0.25, 0.3) is 0 Å². The van der Waals surface area contributed by atoms with E-state index in [1.54, 1.807) is 7.11 Å². The van der Waals surface area contributed by atoms with Gasteiger partial charge in [0.25, 0.3) is 0 Å². The van der Waals surface area contributed by atoms with Gasteiger partial charge in [0.05, 0.1) is 7.11 Å². The van der Waals surface area contributed by atoms with Crippen molar-refractivity contribution >= 4 is 15.9 Å². The molecule has 1 N–H and O–H groups in total. The highest BCUT2D eigenvalue weighted by Gasteiger charge is 2.01. The van der Waals surface area contributed by atoms with Gasteiger partial charge in [-0.05, 0) is 25.1 Å². The second-order valence-corrected chi connectivity index (χ2v) is 4.08. The summed E-state index contributed by atoms with van der Waals surface area (Å²) in [6, 6.07) is 7.68. The van der Waals surface area contributed by atoms with Gasteiger partial charge in [-0.1, -0.05) is 28.1 Å². The van der Waals surface area contributed by atoms with Crippen molar-refractivity contribution in [1.82, 2.24) is 5.32 Å². The highest BCUT2D eigenvalue weighted by Crippen LogP contribution is 2.25. The Kier molecular flexibility index (Phi) is 7.01. The molecule has 0 radical (unpaired) electrons. The summed E-state index contributed by atoms with van der Waals surface area (Å²) in [4.78, 5) is 0. The van der Waals surface area contributed by atoms with Gasteiger partial charge in [0, 0.05) is 11.9 Å². The molecule has 0 unspecified atom stereocenters. The summed E-state index contributed by atoms with van der Waals surface area (Å²) in [5.41, 5.74) is 0. The van der Waals surface area contributed by atoms with E-state index in [1.165, 1.54) is 0 Å². The lowest BCUT2D eigenvalue weighted by Gasteiger charge is -2.10. The fourth-order valence-electron chi connectivity index (χ4n) is 1.29. The fourth-order valence-corrected chi connectivity index (χ4v) is 1.57. The molecule has 4 heteroatoms. The van der Waals surface area contributed by atoms with E-state index in [2.05, 4.69) is 21.2 Å². The molecule has 0 saturated carbocycles. The molecular formula is C12H18BrNO2. The van der Waals surface area contributed by atoms with Gasteiger partial charge in [0.15, 0.2) is 11.5 Å². The van der Waals surface area contributed by atoms with Gasteiger partial charge in [-0.25, -0.2) is 0 Å². The monoisotopic (exact) mass is 287 g/mol. The van der Waals surface area contributed by atoms with Crippen molar-refractivity contribution in [2.24, 2.45) is 0 Å². The Labute approximate surface area is 105 Å². The molecule has 0 aliphatic rings. The highest BCUT2D eigenvalue weighted by molar-refractivity contribution is 9.09. The molecule has 1 aromatic rings. The standard InChI is InChI=1S/C12H18BrNO2/c1-15-11-5-2-3-6-12(11)16-10-9-14-8-4-7-13/h2-3,5-6,14H,4,7-10H2,1H3. The Morgan fingerprint density at radius 1 is 1.19 bits per heavy atom. The molecule has 3 nitrogen and oxygen atoms in total. The van der Waals surface area contributed by atoms with Gasteiger partial charge < -0.3 is 14.8 Å². The van der Waals surface area contributed by atoms with Crippen LogP contribution in [-0.2, 0) is 0 Å². The quantitative estimate of drug-likeness (QED) is 0.589. The lowest BCUT2D eigenvalue weighted by molar-refractivity contribution is 0.292. The van der Waals surface area contributed by atoms with Crippen LogP contribution in [0.2, 0.25) is 0 Å². The molecule has 0 atom stereocenters. The molecule has 1 rings (SSSR count). The number of rotatable bonds is 8. The average Bonchev–Trinajstić information content (AvgIpc) is 2.34. The van der Waals surface area contributed by atoms with Crippen molar-refractivity contribution in [2.75, 3.05) is 32.1 Å². The Balaban J connectivity index is 2.21. The largest absolute Gasteiger partial charge is 0.493 e. The Bertz CT molecular complexity index is 294. The van der Waals surface area contributed by atoms with Gasteiger partial charge in [0.2, 0.25) is 0 Å². The van der Waals surface area contributed by atoms with Crippen molar-refractivity contribution in [3.05, 3.63) is 24.3 Å². The Morgan fingerprint density at radius 3 is 2.62 bits per heavy atom. The van der Waals surface area contributed by atoms with Crippen LogP contribution < -0.4 is 14.8 Å². The number of alkyl halides is 1. The summed E-state index contributed by atoms with van der Waals surface area (Å²) in [6.45, 7) is 2.52. The first-order chi connectivity index (χ1) is 7.88. The number of para-hydroxylation sites is 2. The van der Waals surface area contributed by atoms with Crippen molar-refractivity contribution in [1.29, 1.82) is 0 Å². The van der Waals surface area contributed by atoms with E-state index < -0.39 is 0 Å². The molecule has 0 aliphatic heterocycles. The maximum absolute atomic E-state index is 5.61. The summed E-state index contributed by atoms with van der Waals surface area (Å²) >= 11 is 3.39. The molecule has 0 saturated heterocycles. The van der Waals surface area contributed by atoms with Crippen molar-refractivity contribution in [3.63, 3.8) is 0 Å². The number of hydrogen-bond acceptors (Lipinski definition) is 3. The van der Waals surface area contributed by atoms with Crippen molar-refractivity contribution in [3.8, 4) is 11.5 Å². The zero-order chi connectivity index (χ0) is 11.6. The minimum Gasteiger partial charge on any atom is -0.493 e. The summed E-state index contributed by atoms with van der Waals surface area (Å²) in [6.07, 6.45) is 1.13. The third-order valence-electron chi connectivity index (χ3n) is 2.09. The molecular weight excluding hydrogens is 270 g/mol. The second-order valence-electron chi connectivity index (χ2n) is 3.29. The SMILES string of the molecule is COc1ccccc1OCCNCCCBr. The number of nitrogens with one attached hydrogen (secondary N) is 1. The molecule has 0 aromatic heterocycles. The minimum absolute atomic E-state index is 0.655. The summed E-state index contributed by atoms with van der Waals surface area (Å²) in [5.74, 6) is 1.58. The molecule has 0 aliphatic carbocycles. The maximum Gasteiger partial charge on any atom is 0.161 e. The fraction of sp³-hybridized carbons (Fsp3) is 0.500. The van der Waals surface area contributed by atoms with Gasteiger partial charge in [-0.3, -0.25) is 0 Å². The van der Waals surface area contributed by atoms with E-state index in [0.29, 0.717) is 6.61 Å². The van der Waals surface area contributed by atoms with E-state index in [4.69, 9.17) is 9.47 Å². The van der Waals surface area contributed by atoms with Gasteiger partial charge in [0.1, 0.15) is 6.61 Å². The van der Waals surface area contributed by atoms with Crippen LogP contribution in [0, 0.1) is 0 Å². The van der Waals surface area contributed by atoms with Crippen LogP contribution in [0.15, 0.2) is 24.3 Å². The summed E-state index contributed by atoms with van der Waals surface area (Å²) < 4.78 is 10.8. The van der Waals surface area contributed by atoms with Gasteiger partial charge >= 0.3 is 0 Å². The second kappa shape index (κ2) is 8.42. The lowest BCUT2D eigenvalue weighted by atomic mass is 10.3. The molecule has 0 spiro atoms. The van der Waals surface area contributed by atoms with Crippen LogP contribution in [0.1, 0.15) is 6.42 Å². The first-order valence-corrected chi connectivity index (χ1v) is 6.53. The number of methoxy groups -OCH3 is 1. The van der Waals surface area contributed by atoms with E-state index in [0.717, 1.165) is 36.3 Å². The third-order valence-corrected chi connectivity index (χ3v) is 2.65. The maximum atomic E-state index is 5.61. The van der Waals surface area contributed by atoms with E-state index >= 15 is 0 Å². The zero-order valence-electron chi connectivity index (χ0n) is 9.54. The molecule has 0 bridgehead atoms.